The second-order valence-corrected chi connectivity index (χ2v) is 11.2. The van der Waals surface area contributed by atoms with Crippen LogP contribution in [-0.4, -0.2) is 79.3 Å². The number of ketones is 4. The largest absolute Gasteiger partial charge is 0.361 e. The second-order valence-electron chi connectivity index (χ2n) is 11.2. The molecule has 202 valence electrons. The summed E-state index contributed by atoms with van der Waals surface area (Å²) in [5.74, 6) is -13.3. The minimum Gasteiger partial charge on any atom is -0.361 e. The lowest BCUT2D eigenvalue weighted by Crippen LogP contribution is -2.46. The molecule has 2 N–H and O–H groups in total. The van der Waals surface area contributed by atoms with Gasteiger partial charge in [-0.1, -0.05) is 0 Å². The molecule has 4 saturated heterocycles. The minimum atomic E-state index is -2.07. The van der Waals surface area contributed by atoms with Gasteiger partial charge in [-0.15, -0.1) is 0 Å². The molecule has 0 aromatic carbocycles. The number of fused-ring (bicyclic) bond motifs is 2. The Bertz CT molecular complexity index is 930. The van der Waals surface area contributed by atoms with Crippen LogP contribution in [0, 0.1) is 0 Å². The lowest BCUT2D eigenvalue weighted by molar-refractivity contribution is -0.272. The first-order chi connectivity index (χ1) is 16.1. The van der Waals surface area contributed by atoms with Gasteiger partial charge in [-0.3, -0.25) is 19.2 Å². The van der Waals surface area contributed by atoms with E-state index in [0.717, 1.165) is 0 Å². The fraction of sp³-hybridized carbons (Fsp3) is 0.833. The van der Waals surface area contributed by atoms with Crippen LogP contribution in [0.5, 0.6) is 0 Å². The van der Waals surface area contributed by atoms with Gasteiger partial charge in [-0.05, 0) is 48.5 Å². The molecule has 0 amide bonds. The molecule has 0 aliphatic carbocycles. The van der Waals surface area contributed by atoms with E-state index in [-0.39, 0.29) is 31.5 Å². The predicted molar refractivity (Wildman–Crippen MR) is 117 cm³/mol. The van der Waals surface area contributed by atoms with E-state index < -0.39 is 63.3 Å². The van der Waals surface area contributed by atoms with E-state index in [1.54, 1.807) is 0 Å². The van der Waals surface area contributed by atoms with Gasteiger partial charge in [0.15, 0.2) is 23.1 Å². The summed E-state index contributed by atoms with van der Waals surface area (Å²) >= 11 is 0. The van der Waals surface area contributed by atoms with Crippen molar-refractivity contribution in [3.8, 4) is 0 Å². The van der Waals surface area contributed by atoms with Crippen LogP contribution in [0.2, 0.25) is 0 Å². The monoisotopic (exact) mass is 514 g/mol. The normalized spacial score (nSPS) is 51.7. The predicted octanol–water partition coefficient (Wildman–Crippen LogP) is 0.776. The fourth-order valence-corrected chi connectivity index (χ4v) is 5.54. The molecule has 12 heteroatoms. The summed E-state index contributed by atoms with van der Waals surface area (Å²) in [6.45, 7) is 10.9. The fourth-order valence-electron chi connectivity index (χ4n) is 5.54. The first-order valence-electron chi connectivity index (χ1n) is 11.8. The Morgan fingerprint density at radius 2 is 1.00 bits per heavy atom. The van der Waals surface area contributed by atoms with Gasteiger partial charge in [0.1, 0.15) is 11.2 Å². The molecule has 4 heterocycles. The summed E-state index contributed by atoms with van der Waals surface area (Å²) in [6, 6.07) is 0. The number of aliphatic hydroxyl groups is 2. The Balaban J connectivity index is 1.42. The van der Waals surface area contributed by atoms with E-state index in [2.05, 4.69) is 0 Å². The van der Waals surface area contributed by atoms with Crippen molar-refractivity contribution in [2.75, 3.05) is 0 Å². The Morgan fingerprint density at radius 3 is 1.47 bits per heavy atom. The highest BCUT2D eigenvalue weighted by atomic mass is 16.9. The zero-order valence-electron chi connectivity index (χ0n) is 21.8. The quantitative estimate of drug-likeness (QED) is 0.491. The molecule has 4 fully saturated rings. The summed E-state index contributed by atoms with van der Waals surface area (Å²) in [6.07, 6.45) is -1.22. The van der Waals surface area contributed by atoms with Gasteiger partial charge in [0.05, 0.1) is 0 Å². The van der Waals surface area contributed by atoms with Crippen LogP contribution in [0.1, 0.15) is 81.1 Å². The number of ether oxygens (including phenoxy) is 6. The van der Waals surface area contributed by atoms with E-state index in [0.29, 0.717) is 0 Å². The first-order valence-corrected chi connectivity index (χ1v) is 11.8. The summed E-state index contributed by atoms with van der Waals surface area (Å²) < 4.78 is 34.1. The average Bonchev–Trinajstić information content (AvgIpc) is 3.18. The molecule has 0 radical (unpaired) electrons. The highest BCUT2D eigenvalue weighted by Gasteiger charge is 2.75. The van der Waals surface area contributed by atoms with Crippen molar-refractivity contribution >= 4 is 23.1 Å². The number of hydrogen-bond donors (Lipinski definition) is 2. The van der Waals surface area contributed by atoms with E-state index >= 15 is 0 Å². The molecule has 2 unspecified atom stereocenters. The number of rotatable bonds is 7. The van der Waals surface area contributed by atoms with Crippen LogP contribution in [0.3, 0.4) is 0 Å². The van der Waals surface area contributed by atoms with E-state index in [9.17, 15) is 29.4 Å². The van der Waals surface area contributed by atoms with Crippen molar-refractivity contribution in [2.24, 2.45) is 0 Å². The molecule has 36 heavy (non-hydrogen) atoms. The van der Waals surface area contributed by atoms with Gasteiger partial charge in [0.2, 0.25) is 34.7 Å². The Kier molecular flexibility index (Phi) is 5.69. The molecular weight excluding hydrogens is 480 g/mol. The highest BCUT2D eigenvalue weighted by molar-refractivity contribution is 5.94. The lowest BCUT2D eigenvalue weighted by Gasteiger charge is -2.31. The zero-order valence-corrected chi connectivity index (χ0v) is 21.8. The number of carbonyl (C=O) groups is 4. The van der Waals surface area contributed by atoms with Crippen LogP contribution in [0.4, 0.5) is 0 Å². The van der Waals surface area contributed by atoms with Gasteiger partial charge >= 0.3 is 0 Å². The van der Waals surface area contributed by atoms with Crippen molar-refractivity contribution in [3.63, 3.8) is 0 Å². The third-order valence-electron chi connectivity index (χ3n) is 7.98. The molecule has 0 aromatic rings. The zero-order chi connectivity index (χ0) is 27.4. The number of hydrogen-bond acceptors (Lipinski definition) is 12. The van der Waals surface area contributed by atoms with Gasteiger partial charge in [0, 0.05) is 32.6 Å². The summed E-state index contributed by atoms with van der Waals surface area (Å²) in [5, 5.41) is 22.1. The van der Waals surface area contributed by atoms with Crippen LogP contribution >= 0.6 is 0 Å². The van der Waals surface area contributed by atoms with Crippen LogP contribution in [0.25, 0.3) is 0 Å². The molecule has 12 nitrogen and oxygen atoms in total. The van der Waals surface area contributed by atoms with E-state index in [1.807, 2.05) is 0 Å². The van der Waals surface area contributed by atoms with Crippen LogP contribution in [-0.2, 0) is 47.6 Å². The van der Waals surface area contributed by atoms with Gasteiger partial charge < -0.3 is 38.6 Å². The van der Waals surface area contributed by atoms with Crippen molar-refractivity contribution in [1.29, 1.82) is 0 Å². The molecule has 0 aromatic heterocycles. The van der Waals surface area contributed by atoms with Gasteiger partial charge in [-0.2, -0.15) is 0 Å². The minimum absolute atomic E-state index is 0.240. The maximum Gasteiger partial charge on any atom is 0.231 e. The first kappa shape index (κ1) is 27.4. The maximum absolute atomic E-state index is 13.1. The molecular formula is C24H34O12. The topological polar surface area (TPSA) is 164 Å². The second kappa shape index (κ2) is 7.48. The van der Waals surface area contributed by atoms with Gasteiger partial charge in [-0.25, -0.2) is 0 Å². The van der Waals surface area contributed by atoms with Gasteiger partial charge in [0.25, 0.3) is 0 Å². The molecule has 4 rings (SSSR count). The molecule has 4 aliphatic rings. The van der Waals surface area contributed by atoms with Crippen LogP contribution in [0.15, 0.2) is 0 Å². The molecule has 4 aliphatic heterocycles. The average molecular weight is 515 g/mol. The van der Waals surface area contributed by atoms with Crippen molar-refractivity contribution < 1.29 is 57.8 Å². The number of Topliss-reactive ketones (excluding diaryl/α,β-unsaturated/α-hetero) is 4. The summed E-state index contributed by atoms with van der Waals surface area (Å²) in [5.41, 5.74) is -2.93. The Morgan fingerprint density at radius 1 is 0.583 bits per heavy atom. The third kappa shape index (κ3) is 3.65. The molecule has 8 atom stereocenters. The lowest BCUT2D eigenvalue weighted by atomic mass is 9.89. The third-order valence-corrected chi connectivity index (χ3v) is 7.98. The van der Waals surface area contributed by atoms with E-state index in [1.165, 1.54) is 55.4 Å². The summed E-state index contributed by atoms with van der Waals surface area (Å²) in [7, 11) is 0. The molecule has 0 spiro atoms. The highest BCUT2D eigenvalue weighted by Crippen LogP contribution is 2.57. The standard InChI is InChI=1S/C24H34O12/c1-13(25)17(3)11-23(29)21(7,31-17)34-20(6,36-23)16(28)10-9-15(27)18(4)12-24(30)22(8,32-18)33-19(5,35-24)14(2)26/h29-30H,9-12H2,1-8H3/t17-,18+,19-,20+,21?,22-,23-,24?/m1/s1. The van der Waals surface area contributed by atoms with Crippen molar-refractivity contribution in [3.05, 3.63) is 0 Å². The molecule has 0 bridgehead atoms. The Labute approximate surface area is 208 Å². The van der Waals surface area contributed by atoms with Crippen molar-refractivity contribution in [2.45, 2.75) is 127 Å². The smallest absolute Gasteiger partial charge is 0.231 e. The van der Waals surface area contributed by atoms with E-state index in [4.69, 9.17) is 28.4 Å². The summed E-state index contributed by atoms with van der Waals surface area (Å²) in [4.78, 5) is 50.1. The number of carbonyl (C=O) groups excluding carboxylic acids is 4. The molecule has 0 saturated carbocycles. The van der Waals surface area contributed by atoms with Crippen molar-refractivity contribution in [1.82, 2.24) is 0 Å². The Hall–Kier alpha value is -1.64. The maximum atomic E-state index is 13.1. The SMILES string of the molecule is CC(=O)[C@@]1(C)OC2(O)C[C@@](C)(C(=O)CCC(=O)[C@@]3(C)OC4(C)O[C@@](C)(C(C)=O)C[C@@]4(O)O3)O[C@]2(C)O1. The van der Waals surface area contributed by atoms with Crippen LogP contribution < -0.4 is 0 Å².